The molecule has 0 saturated carbocycles. The van der Waals surface area contributed by atoms with Gasteiger partial charge in [0.25, 0.3) is 0 Å². The van der Waals surface area contributed by atoms with E-state index in [-0.39, 0.29) is 0 Å². The molecule has 2 aromatic rings. The molecule has 2 nitrogen and oxygen atoms in total. The second kappa shape index (κ2) is 6.00. The highest BCUT2D eigenvalue weighted by Gasteiger charge is 2.06. The number of benzene rings is 2. The number of nitriles is 1. The van der Waals surface area contributed by atoms with E-state index in [1.165, 1.54) is 0 Å². The Labute approximate surface area is 107 Å². The topological polar surface area (TPSA) is 33.0 Å². The van der Waals surface area contributed by atoms with E-state index < -0.39 is 0 Å². The molecule has 0 saturated heterocycles. The lowest BCUT2D eigenvalue weighted by molar-refractivity contribution is 0.148. The Morgan fingerprint density at radius 3 is 2.83 bits per heavy atom. The molecule has 0 aliphatic carbocycles. The fraction of sp³-hybridized carbons (Fsp3) is 0.188. The second-order valence-corrected chi connectivity index (χ2v) is 4.02. The van der Waals surface area contributed by atoms with Crippen molar-refractivity contribution in [3.05, 3.63) is 59.7 Å². The normalized spacial score (nSPS) is 10.9. The largest absolute Gasteiger partial charge is 0.373 e. The maximum atomic E-state index is 9.30. The lowest BCUT2D eigenvalue weighted by atomic mass is 10.0. The maximum absolute atomic E-state index is 9.30. The molecule has 18 heavy (non-hydrogen) atoms. The highest BCUT2D eigenvalue weighted by atomic mass is 16.5. The fourth-order valence-corrected chi connectivity index (χ4v) is 1.90. The van der Waals surface area contributed by atoms with Gasteiger partial charge in [0.15, 0.2) is 0 Å². The van der Waals surface area contributed by atoms with E-state index in [9.17, 15) is 5.26 Å². The van der Waals surface area contributed by atoms with Gasteiger partial charge < -0.3 is 4.74 Å². The number of allylic oxidation sites excluding steroid dienone is 1. The van der Waals surface area contributed by atoms with Crippen molar-refractivity contribution in [2.45, 2.75) is 13.5 Å². The van der Waals surface area contributed by atoms with Crippen LogP contribution < -0.4 is 0 Å². The van der Waals surface area contributed by atoms with Crippen molar-refractivity contribution in [1.82, 2.24) is 0 Å². The van der Waals surface area contributed by atoms with E-state index in [1.807, 2.05) is 55.5 Å². The monoisotopic (exact) mass is 237 g/mol. The maximum Gasteiger partial charge on any atom is 0.100 e. The van der Waals surface area contributed by atoms with Crippen molar-refractivity contribution in [2.24, 2.45) is 0 Å². The van der Waals surface area contributed by atoms with Crippen LogP contribution in [0.3, 0.4) is 0 Å². The summed E-state index contributed by atoms with van der Waals surface area (Å²) in [5, 5.41) is 11.4. The van der Waals surface area contributed by atoms with Crippen LogP contribution >= 0.6 is 0 Å². The smallest absolute Gasteiger partial charge is 0.100 e. The number of hydrogen-bond donors (Lipinski definition) is 0. The predicted octanol–water partition coefficient (Wildman–Crippen LogP) is 3.80. The van der Waals surface area contributed by atoms with E-state index in [4.69, 9.17) is 4.74 Å². The van der Waals surface area contributed by atoms with Crippen molar-refractivity contribution in [3.63, 3.8) is 0 Å². The molecule has 0 N–H and O–H groups in total. The van der Waals surface area contributed by atoms with Gasteiger partial charge >= 0.3 is 0 Å². The molecule has 2 rings (SSSR count). The van der Waals surface area contributed by atoms with E-state index in [0.717, 1.165) is 16.3 Å². The SMILES string of the molecule is C/C=C\COCc1ccc2ccccc2c1C#N. The van der Waals surface area contributed by atoms with E-state index in [0.29, 0.717) is 18.8 Å². The first-order valence-electron chi connectivity index (χ1n) is 5.96. The second-order valence-electron chi connectivity index (χ2n) is 4.02. The van der Waals surface area contributed by atoms with Crippen molar-refractivity contribution >= 4 is 10.8 Å². The molecule has 2 aromatic carbocycles. The molecule has 0 atom stereocenters. The molecule has 0 heterocycles. The fourth-order valence-electron chi connectivity index (χ4n) is 1.90. The average Bonchev–Trinajstić information content (AvgIpc) is 2.43. The van der Waals surface area contributed by atoms with Crippen LogP contribution in [0, 0.1) is 11.3 Å². The summed E-state index contributed by atoms with van der Waals surface area (Å²) < 4.78 is 5.51. The zero-order valence-electron chi connectivity index (χ0n) is 10.4. The zero-order valence-corrected chi connectivity index (χ0v) is 10.4. The van der Waals surface area contributed by atoms with Crippen LogP contribution in [0.1, 0.15) is 18.1 Å². The summed E-state index contributed by atoms with van der Waals surface area (Å²) >= 11 is 0. The molecule has 0 spiro atoms. The minimum absolute atomic E-state index is 0.470. The quantitative estimate of drug-likeness (QED) is 0.598. The van der Waals surface area contributed by atoms with Crippen LogP contribution in [0.4, 0.5) is 0 Å². The third-order valence-electron chi connectivity index (χ3n) is 2.83. The first kappa shape index (κ1) is 12.3. The van der Waals surface area contributed by atoms with E-state index in [1.54, 1.807) is 0 Å². The van der Waals surface area contributed by atoms with Gasteiger partial charge in [-0.15, -0.1) is 0 Å². The summed E-state index contributed by atoms with van der Waals surface area (Å²) in [7, 11) is 0. The summed E-state index contributed by atoms with van der Waals surface area (Å²) in [4.78, 5) is 0. The van der Waals surface area contributed by atoms with E-state index in [2.05, 4.69) is 6.07 Å². The minimum atomic E-state index is 0.470. The number of fused-ring (bicyclic) bond motifs is 1. The van der Waals surface area contributed by atoms with Gasteiger partial charge in [0.1, 0.15) is 6.07 Å². The Balaban J connectivity index is 2.31. The van der Waals surface area contributed by atoms with Gasteiger partial charge in [0.2, 0.25) is 0 Å². The molecule has 0 aliphatic heterocycles. The van der Waals surface area contributed by atoms with Gasteiger partial charge in [-0.1, -0.05) is 48.6 Å². The standard InChI is InChI=1S/C16H15NO/c1-2-3-10-18-12-14-9-8-13-6-4-5-7-15(13)16(14)11-17/h2-9H,10,12H2,1H3/b3-2-. The van der Waals surface area contributed by atoms with Crippen LogP contribution in [0.2, 0.25) is 0 Å². The number of rotatable bonds is 4. The molecule has 0 aliphatic rings. The predicted molar refractivity (Wildman–Crippen MR) is 73.1 cm³/mol. The third kappa shape index (κ3) is 2.58. The number of hydrogen-bond acceptors (Lipinski definition) is 2. The average molecular weight is 237 g/mol. The molecule has 90 valence electrons. The van der Waals surface area contributed by atoms with Crippen molar-refractivity contribution < 1.29 is 4.74 Å². The Hall–Kier alpha value is -2.11. The summed E-state index contributed by atoms with van der Waals surface area (Å²) in [6.07, 6.45) is 3.90. The van der Waals surface area contributed by atoms with Crippen LogP contribution in [0.25, 0.3) is 10.8 Å². The van der Waals surface area contributed by atoms with Crippen LogP contribution in [-0.4, -0.2) is 6.61 Å². The lowest BCUT2D eigenvalue weighted by Gasteiger charge is -2.07. The van der Waals surface area contributed by atoms with Gasteiger partial charge in [0.05, 0.1) is 18.8 Å². The Morgan fingerprint density at radius 1 is 1.22 bits per heavy atom. The van der Waals surface area contributed by atoms with Gasteiger partial charge in [-0.05, 0) is 23.3 Å². The van der Waals surface area contributed by atoms with E-state index >= 15 is 0 Å². The van der Waals surface area contributed by atoms with Gasteiger partial charge in [-0.25, -0.2) is 0 Å². The van der Waals surface area contributed by atoms with Crippen molar-refractivity contribution in [3.8, 4) is 6.07 Å². The Kier molecular flexibility index (Phi) is 4.11. The van der Waals surface area contributed by atoms with Gasteiger partial charge in [0, 0.05) is 0 Å². The molecule has 2 heteroatoms. The summed E-state index contributed by atoms with van der Waals surface area (Å²) in [5.41, 5.74) is 1.66. The number of nitrogens with zero attached hydrogens (tertiary/aromatic N) is 1. The molecule has 0 unspecified atom stereocenters. The summed E-state index contributed by atoms with van der Waals surface area (Å²) in [5.74, 6) is 0. The van der Waals surface area contributed by atoms with Crippen molar-refractivity contribution in [2.75, 3.05) is 6.61 Å². The molecule has 0 fully saturated rings. The zero-order chi connectivity index (χ0) is 12.8. The third-order valence-corrected chi connectivity index (χ3v) is 2.83. The lowest BCUT2D eigenvalue weighted by Crippen LogP contribution is -1.96. The molecule has 0 radical (unpaired) electrons. The van der Waals surface area contributed by atoms with Crippen molar-refractivity contribution in [1.29, 1.82) is 5.26 Å². The highest BCUT2D eigenvalue weighted by Crippen LogP contribution is 2.22. The Bertz CT molecular complexity index is 608. The minimum Gasteiger partial charge on any atom is -0.373 e. The summed E-state index contributed by atoms with van der Waals surface area (Å²) in [6.45, 7) is 3.01. The van der Waals surface area contributed by atoms with Gasteiger partial charge in [-0.2, -0.15) is 5.26 Å². The highest BCUT2D eigenvalue weighted by molar-refractivity contribution is 5.88. The van der Waals surface area contributed by atoms with Crippen LogP contribution in [0.5, 0.6) is 0 Å². The molecule has 0 aromatic heterocycles. The van der Waals surface area contributed by atoms with Crippen LogP contribution in [-0.2, 0) is 11.3 Å². The number of ether oxygens (including phenoxy) is 1. The summed E-state index contributed by atoms with van der Waals surface area (Å²) in [6, 6.07) is 14.2. The molecular weight excluding hydrogens is 222 g/mol. The van der Waals surface area contributed by atoms with Crippen LogP contribution in [0.15, 0.2) is 48.6 Å². The Morgan fingerprint density at radius 2 is 2.06 bits per heavy atom. The van der Waals surface area contributed by atoms with Gasteiger partial charge in [-0.3, -0.25) is 0 Å². The molecule has 0 bridgehead atoms. The first-order chi connectivity index (χ1) is 8.86. The molecule has 0 amide bonds. The first-order valence-corrected chi connectivity index (χ1v) is 5.96. The molecular formula is C16H15NO.